The summed E-state index contributed by atoms with van der Waals surface area (Å²) < 4.78 is 0. The van der Waals surface area contributed by atoms with E-state index in [4.69, 9.17) is 0 Å². The number of fused-ring (bicyclic) bond motifs is 1. The Morgan fingerprint density at radius 2 is 2.12 bits per heavy atom. The van der Waals surface area contributed by atoms with Gasteiger partial charge in [-0.25, -0.2) is 4.98 Å². The fourth-order valence-corrected chi connectivity index (χ4v) is 2.34. The second-order valence-corrected chi connectivity index (χ2v) is 4.37. The van der Waals surface area contributed by atoms with E-state index in [0.29, 0.717) is 0 Å². The van der Waals surface area contributed by atoms with Crippen LogP contribution in [-0.2, 0) is 0 Å². The molecule has 16 heavy (non-hydrogen) atoms. The first-order valence-electron chi connectivity index (χ1n) is 5.05. The number of imidazole rings is 1. The highest BCUT2D eigenvalue weighted by Crippen LogP contribution is 2.26. The van der Waals surface area contributed by atoms with Crippen molar-refractivity contribution in [3.63, 3.8) is 0 Å². The van der Waals surface area contributed by atoms with Gasteiger partial charge in [-0.05, 0) is 30.5 Å². The molecule has 1 aromatic carbocycles. The van der Waals surface area contributed by atoms with Crippen LogP contribution in [0.4, 0.5) is 0 Å². The Balaban J connectivity index is 2.23. The van der Waals surface area contributed by atoms with Crippen LogP contribution in [-0.4, -0.2) is 21.2 Å². The van der Waals surface area contributed by atoms with Crippen molar-refractivity contribution in [3.8, 4) is 11.5 Å². The molecule has 0 radical (unpaired) electrons. The van der Waals surface area contributed by atoms with Gasteiger partial charge in [-0.3, -0.25) is 0 Å². The van der Waals surface area contributed by atoms with Crippen molar-refractivity contribution in [2.24, 2.45) is 0 Å². The third-order valence-electron chi connectivity index (χ3n) is 2.55. The number of benzene rings is 1. The van der Waals surface area contributed by atoms with Gasteiger partial charge < -0.3 is 9.97 Å². The summed E-state index contributed by atoms with van der Waals surface area (Å²) in [6, 6.07) is 10.2. The minimum Gasteiger partial charge on any atom is -0.359 e. The lowest BCUT2D eigenvalue weighted by Crippen LogP contribution is -1.78. The molecule has 0 spiro atoms. The van der Waals surface area contributed by atoms with Crippen LogP contribution in [0, 0.1) is 0 Å². The molecule has 2 N–H and O–H groups in total. The quantitative estimate of drug-likeness (QED) is 0.662. The molecule has 0 saturated heterocycles. The van der Waals surface area contributed by atoms with Gasteiger partial charge in [0, 0.05) is 11.1 Å². The maximum absolute atomic E-state index is 4.62. The second kappa shape index (κ2) is 3.72. The Morgan fingerprint density at radius 3 is 2.88 bits per heavy atom. The predicted molar refractivity (Wildman–Crippen MR) is 67.7 cm³/mol. The first-order chi connectivity index (χ1) is 7.88. The molecule has 0 aliphatic heterocycles. The van der Waals surface area contributed by atoms with E-state index in [1.165, 1.54) is 4.90 Å². The summed E-state index contributed by atoms with van der Waals surface area (Å²) in [6.45, 7) is 0. The molecule has 0 saturated carbocycles. The number of H-pyrrole nitrogens is 2. The van der Waals surface area contributed by atoms with Crippen LogP contribution in [0.1, 0.15) is 0 Å². The van der Waals surface area contributed by atoms with Crippen molar-refractivity contribution in [2.75, 3.05) is 6.26 Å². The van der Waals surface area contributed by atoms with Gasteiger partial charge in [0.2, 0.25) is 0 Å². The highest BCUT2D eigenvalue weighted by atomic mass is 32.2. The van der Waals surface area contributed by atoms with Crippen LogP contribution in [0.5, 0.6) is 0 Å². The van der Waals surface area contributed by atoms with Crippen LogP contribution in [0.15, 0.2) is 41.4 Å². The fourth-order valence-electron chi connectivity index (χ4n) is 1.78. The lowest BCUT2D eigenvalue weighted by Gasteiger charge is -1.94. The van der Waals surface area contributed by atoms with E-state index in [0.717, 1.165) is 22.6 Å². The van der Waals surface area contributed by atoms with Crippen molar-refractivity contribution >= 4 is 22.8 Å². The number of hydrogen-bond acceptors (Lipinski definition) is 2. The summed E-state index contributed by atoms with van der Waals surface area (Å²) >= 11 is 1.72. The maximum Gasteiger partial charge on any atom is 0.155 e. The molecule has 80 valence electrons. The number of thioether (sulfide) groups is 1. The highest BCUT2D eigenvalue weighted by molar-refractivity contribution is 7.98. The Hall–Kier alpha value is -1.68. The summed E-state index contributed by atoms with van der Waals surface area (Å²) in [5.74, 6) is 0.890. The molecule has 0 atom stereocenters. The standard InChI is InChI=1S/C12H11N3S/c1-16-10-6-2-4-8-11(10)15-12(14-8)9-5-3-7-13-9/h2-7,13H,1H3,(H,14,15). The lowest BCUT2D eigenvalue weighted by molar-refractivity contribution is 1.27. The number of nitrogens with one attached hydrogen (secondary N) is 2. The summed E-state index contributed by atoms with van der Waals surface area (Å²) in [5, 5.41) is 0. The zero-order chi connectivity index (χ0) is 11.0. The second-order valence-electron chi connectivity index (χ2n) is 3.53. The minimum atomic E-state index is 0.890. The van der Waals surface area contributed by atoms with Gasteiger partial charge in [-0.15, -0.1) is 11.8 Å². The Bertz CT molecular complexity index is 610. The molecule has 0 unspecified atom stereocenters. The van der Waals surface area contributed by atoms with Crippen LogP contribution < -0.4 is 0 Å². The Kier molecular flexibility index (Phi) is 2.22. The normalized spacial score (nSPS) is 11.1. The van der Waals surface area contributed by atoms with Crippen LogP contribution in [0.2, 0.25) is 0 Å². The number of aromatic amines is 2. The Morgan fingerprint density at radius 1 is 1.19 bits per heavy atom. The van der Waals surface area contributed by atoms with E-state index in [1.54, 1.807) is 11.8 Å². The van der Waals surface area contributed by atoms with Gasteiger partial charge in [0.05, 0.1) is 11.2 Å². The number of nitrogens with zero attached hydrogens (tertiary/aromatic N) is 1. The van der Waals surface area contributed by atoms with Gasteiger partial charge in [0.15, 0.2) is 5.82 Å². The van der Waals surface area contributed by atoms with E-state index in [9.17, 15) is 0 Å². The molecule has 0 amide bonds. The van der Waals surface area contributed by atoms with Gasteiger partial charge in [0.25, 0.3) is 0 Å². The summed E-state index contributed by atoms with van der Waals surface area (Å²) in [5.41, 5.74) is 3.14. The van der Waals surface area contributed by atoms with Crippen molar-refractivity contribution in [1.82, 2.24) is 15.0 Å². The summed E-state index contributed by atoms with van der Waals surface area (Å²) in [4.78, 5) is 12.3. The van der Waals surface area contributed by atoms with Gasteiger partial charge in [-0.1, -0.05) is 6.07 Å². The van der Waals surface area contributed by atoms with Crippen molar-refractivity contribution in [3.05, 3.63) is 36.5 Å². The third kappa shape index (κ3) is 1.42. The number of rotatable bonds is 2. The molecular formula is C12H11N3S. The molecule has 2 aromatic heterocycles. The zero-order valence-electron chi connectivity index (χ0n) is 8.82. The molecule has 0 fully saturated rings. The Labute approximate surface area is 97.3 Å². The number of hydrogen-bond donors (Lipinski definition) is 2. The van der Waals surface area contributed by atoms with E-state index in [-0.39, 0.29) is 0 Å². The highest BCUT2D eigenvalue weighted by Gasteiger charge is 2.08. The maximum atomic E-state index is 4.62. The molecule has 3 aromatic rings. The van der Waals surface area contributed by atoms with E-state index in [1.807, 2.05) is 24.4 Å². The lowest BCUT2D eigenvalue weighted by atomic mass is 10.3. The first-order valence-corrected chi connectivity index (χ1v) is 6.27. The van der Waals surface area contributed by atoms with Crippen LogP contribution in [0.3, 0.4) is 0 Å². The molecule has 3 rings (SSSR count). The van der Waals surface area contributed by atoms with E-state index in [2.05, 4.69) is 33.3 Å². The topological polar surface area (TPSA) is 44.5 Å². The van der Waals surface area contributed by atoms with Crippen molar-refractivity contribution < 1.29 is 0 Å². The molecular weight excluding hydrogens is 218 g/mol. The van der Waals surface area contributed by atoms with Crippen LogP contribution >= 0.6 is 11.8 Å². The fraction of sp³-hybridized carbons (Fsp3) is 0.0833. The van der Waals surface area contributed by atoms with Crippen molar-refractivity contribution in [2.45, 2.75) is 4.90 Å². The van der Waals surface area contributed by atoms with Gasteiger partial charge in [-0.2, -0.15) is 0 Å². The average molecular weight is 229 g/mol. The monoisotopic (exact) mass is 229 g/mol. The smallest absolute Gasteiger partial charge is 0.155 e. The van der Waals surface area contributed by atoms with Crippen LogP contribution in [0.25, 0.3) is 22.6 Å². The molecule has 2 heterocycles. The third-order valence-corrected chi connectivity index (χ3v) is 3.32. The van der Waals surface area contributed by atoms with E-state index < -0.39 is 0 Å². The largest absolute Gasteiger partial charge is 0.359 e. The number of para-hydroxylation sites is 1. The molecule has 4 heteroatoms. The van der Waals surface area contributed by atoms with E-state index >= 15 is 0 Å². The summed E-state index contributed by atoms with van der Waals surface area (Å²) in [7, 11) is 0. The average Bonchev–Trinajstić information content (AvgIpc) is 2.96. The molecule has 0 aliphatic rings. The molecule has 0 aliphatic carbocycles. The first kappa shape index (κ1) is 9.54. The van der Waals surface area contributed by atoms with Gasteiger partial charge >= 0.3 is 0 Å². The summed E-state index contributed by atoms with van der Waals surface area (Å²) in [6.07, 6.45) is 3.97. The number of aromatic nitrogens is 3. The SMILES string of the molecule is CSc1cccc2[nH]c(-c3ccc[nH]3)nc12. The van der Waals surface area contributed by atoms with Crippen molar-refractivity contribution in [1.29, 1.82) is 0 Å². The van der Waals surface area contributed by atoms with Gasteiger partial charge in [0.1, 0.15) is 5.52 Å². The molecule has 3 nitrogen and oxygen atoms in total. The zero-order valence-corrected chi connectivity index (χ0v) is 9.64. The predicted octanol–water partition coefficient (Wildman–Crippen LogP) is 3.28. The molecule has 0 bridgehead atoms. The minimum absolute atomic E-state index is 0.890.